The largest absolute Gasteiger partial charge is 0.377 e. The number of aliphatic imine (C=N–C) groups is 1. The van der Waals surface area contributed by atoms with Gasteiger partial charge in [0.25, 0.3) is 0 Å². The summed E-state index contributed by atoms with van der Waals surface area (Å²) in [6, 6.07) is 10.9. The van der Waals surface area contributed by atoms with E-state index in [1.165, 1.54) is 12.0 Å². The number of unbranched alkanes of at least 4 members (excludes halogenated alkanes) is 1. The number of rotatable bonds is 9. The molecule has 2 N–H and O–H groups in total. The first-order valence-electron chi connectivity index (χ1n) is 8.46. The highest BCUT2D eigenvalue weighted by Crippen LogP contribution is 2.28. The van der Waals surface area contributed by atoms with Crippen molar-refractivity contribution in [2.75, 3.05) is 19.7 Å². The SMILES string of the molecule is CCNC(=NCCCCOCc1ccccc1)NC1CC1C.I. The van der Waals surface area contributed by atoms with E-state index in [4.69, 9.17) is 4.74 Å². The topological polar surface area (TPSA) is 45.7 Å². The fourth-order valence-electron chi connectivity index (χ4n) is 2.29. The van der Waals surface area contributed by atoms with Crippen molar-refractivity contribution in [1.82, 2.24) is 10.6 Å². The maximum absolute atomic E-state index is 5.68. The van der Waals surface area contributed by atoms with Gasteiger partial charge in [-0.05, 0) is 37.7 Å². The first kappa shape index (κ1) is 20.2. The predicted octanol–water partition coefficient (Wildman–Crippen LogP) is 3.56. The second kappa shape index (κ2) is 11.7. The van der Waals surface area contributed by atoms with Crippen LogP contribution in [0.25, 0.3) is 0 Å². The Bertz CT molecular complexity index is 453. The summed E-state index contributed by atoms with van der Waals surface area (Å²) < 4.78 is 5.68. The van der Waals surface area contributed by atoms with Crippen LogP contribution < -0.4 is 10.6 Å². The van der Waals surface area contributed by atoms with Gasteiger partial charge < -0.3 is 15.4 Å². The molecule has 5 heteroatoms. The van der Waals surface area contributed by atoms with Crippen molar-refractivity contribution in [2.24, 2.45) is 10.9 Å². The molecule has 4 nitrogen and oxygen atoms in total. The van der Waals surface area contributed by atoms with Crippen molar-refractivity contribution < 1.29 is 4.74 Å². The predicted molar refractivity (Wildman–Crippen MR) is 107 cm³/mol. The van der Waals surface area contributed by atoms with Gasteiger partial charge in [0.2, 0.25) is 0 Å². The fourth-order valence-corrected chi connectivity index (χ4v) is 2.29. The molecule has 2 atom stereocenters. The maximum atomic E-state index is 5.68. The van der Waals surface area contributed by atoms with Crippen molar-refractivity contribution in [3.63, 3.8) is 0 Å². The zero-order valence-corrected chi connectivity index (χ0v) is 16.6. The highest BCUT2D eigenvalue weighted by Gasteiger charge is 2.33. The highest BCUT2D eigenvalue weighted by molar-refractivity contribution is 14.0. The summed E-state index contributed by atoms with van der Waals surface area (Å²) in [6.07, 6.45) is 3.37. The van der Waals surface area contributed by atoms with E-state index in [0.717, 1.165) is 44.4 Å². The van der Waals surface area contributed by atoms with Crippen LogP contribution in [0.2, 0.25) is 0 Å². The fraction of sp³-hybridized carbons (Fsp3) is 0.611. The molecule has 0 amide bonds. The van der Waals surface area contributed by atoms with Crippen LogP contribution in [-0.2, 0) is 11.3 Å². The third-order valence-corrected chi connectivity index (χ3v) is 3.85. The van der Waals surface area contributed by atoms with E-state index in [1.807, 2.05) is 18.2 Å². The number of nitrogens with zero attached hydrogens (tertiary/aromatic N) is 1. The number of nitrogens with one attached hydrogen (secondary N) is 2. The molecule has 130 valence electrons. The van der Waals surface area contributed by atoms with Gasteiger partial charge in [-0.3, -0.25) is 4.99 Å². The molecule has 1 aliphatic rings. The van der Waals surface area contributed by atoms with Crippen LogP contribution in [0.1, 0.15) is 38.7 Å². The zero-order chi connectivity index (χ0) is 15.6. The quantitative estimate of drug-likeness (QED) is 0.272. The number of guanidine groups is 1. The van der Waals surface area contributed by atoms with E-state index in [2.05, 4.69) is 41.6 Å². The molecule has 2 unspecified atom stereocenters. The first-order chi connectivity index (χ1) is 10.8. The van der Waals surface area contributed by atoms with Crippen molar-refractivity contribution in [3.05, 3.63) is 35.9 Å². The smallest absolute Gasteiger partial charge is 0.191 e. The van der Waals surface area contributed by atoms with Crippen LogP contribution in [0.3, 0.4) is 0 Å². The lowest BCUT2D eigenvalue weighted by Gasteiger charge is -2.10. The third kappa shape index (κ3) is 8.55. The lowest BCUT2D eigenvalue weighted by atomic mass is 10.2. The molecule has 2 rings (SSSR count). The Morgan fingerprint density at radius 2 is 2.00 bits per heavy atom. The number of halogens is 1. The monoisotopic (exact) mass is 431 g/mol. The molecule has 0 spiro atoms. The molecule has 1 saturated carbocycles. The van der Waals surface area contributed by atoms with Gasteiger partial charge in [0.15, 0.2) is 5.96 Å². The van der Waals surface area contributed by atoms with Crippen molar-refractivity contribution in [3.8, 4) is 0 Å². The summed E-state index contributed by atoms with van der Waals surface area (Å²) in [5.41, 5.74) is 1.23. The van der Waals surface area contributed by atoms with Gasteiger partial charge in [-0.15, -0.1) is 24.0 Å². The van der Waals surface area contributed by atoms with Crippen molar-refractivity contribution in [2.45, 2.75) is 45.8 Å². The van der Waals surface area contributed by atoms with E-state index in [9.17, 15) is 0 Å². The normalized spacial score (nSPS) is 19.8. The van der Waals surface area contributed by atoms with E-state index in [0.29, 0.717) is 12.6 Å². The Morgan fingerprint density at radius 1 is 1.26 bits per heavy atom. The summed E-state index contributed by atoms with van der Waals surface area (Å²) in [7, 11) is 0. The second-order valence-corrected chi connectivity index (χ2v) is 5.97. The Kier molecular flexibility index (Phi) is 10.3. The van der Waals surface area contributed by atoms with Crippen molar-refractivity contribution in [1.29, 1.82) is 0 Å². The molecule has 1 aliphatic carbocycles. The summed E-state index contributed by atoms with van der Waals surface area (Å²) in [5.74, 6) is 1.75. The van der Waals surface area contributed by atoms with E-state index in [1.54, 1.807) is 0 Å². The second-order valence-electron chi connectivity index (χ2n) is 5.97. The number of hydrogen-bond acceptors (Lipinski definition) is 2. The average molecular weight is 431 g/mol. The third-order valence-electron chi connectivity index (χ3n) is 3.85. The number of benzene rings is 1. The first-order valence-corrected chi connectivity index (χ1v) is 8.46. The van der Waals surface area contributed by atoms with Crippen LogP contribution in [0.5, 0.6) is 0 Å². The van der Waals surface area contributed by atoms with E-state index in [-0.39, 0.29) is 24.0 Å². The van der Waals surface area contributed by atoms with Crippen LogP contribution >= 0.6 is 24.0 Å². The van der Waals surface area contributed by atoms with Gasteiger partial charge in [0.05, 0.1) is 6.61 Å². The van der Waals surface area contributed by atoms with E-state index < -0.39 is 0 Å². The molecule has 1 fully saturated rings. The molecule has 1 aromatic carbocycles. The Balaban J connectivity index is 0.00000264. The molecule has 1 aromatic rings. The summed E-state index contributed by atoms with van der Waals surface area (Å²) in [6.45, 7) is 7.64. The molecule has 0 saturated heterocycles. The molecular weight excluding hydrogens is 401 g/mol. The molecule has 23 heavy (non-hydrogen) atoms. The lowest BCUT2D eigenvalue weighted by molar-refractivity contribution is 0.117. The molecular formula is C18H30IN3O. The maximum Gasteiger partial charge on any atom is 0.191 e. The van der Waals surface area contributed by atoms with Crippen LogP contribution in [0.4, 0.5) is 0 Å². The van der Waals surface area contributed by atoms with Crippen LogP contribution in [0, 0.1) is 5.92 Å². The minimum absolute atomic E-state index is 0. The minimum atomic E-state index is 0. The average Bonchev–Trinajstić information content (AvgIpc) is 3.22. The van der Waals surface area contributed by atoms with Crippen LogP contribution in [0.15, 0.2) is 35.3 Å². The summed E-state index contributed by atoms with van der Waals surface area (Å²) >= 11 is 0. The molecule has 0 aromatic heterocycles. The number of ether oxygens (including phenoxy) is 1. The standard InChI is InChI=1S/C18H29N3O.HI/c1-3-19-18(21-17-13-15(17)2)20-11-7-8-12-22-14-16-9-5-4-6-10-16;/h4-6,9-10,15,17H,3,7-8,11-14H2,1-2H3,(H2,19,20,21);1H. The minimum Gasteiger partial charge on any atom is -0.377 e. The Labute approximate surface area is 157 Å². The lowest BCUT2D eigenvalue weighted by Crippen LogP contribution is -2.39. The molecule has 0 aliphatic heterocycles. The van der Waals surface area contributed by atoms with E-state index >= 15 is 0 Å². The van der Waals surface area contributed by atoms with Crippen molar-refractivity contribution >= 4 is 29.9 Å². The molecule has 0 heterocycles. The molecule has 0 bridgehead atoms. The summed E-state index contributed by atoms with van der Waals surface area (Å²) in [5, 5.41) is 6.78. The van der Waals surface area contributed by atoms with Gasteiger partial charge >= 0.3 is 0 Å². The van der Waals surface area contributed by atoms with Gasteiger partial charge in [0.1, 0.15) is 0 Å². The highest BCUT2D eigenvalue weighted by atomic mass is 127. The summed E-state index contributed by atoms with van der Waals surface area (Å²) in [4.78, 5) is 4.62. The van der Waals surface area contributed by atoms with Gasteiger partial charge in [-0.2, -0.15) is 0 Å². The Hall–Kier alpha value is -0.820. The van der Waals surface area contributed by atoms with Gasteiger partial charge in [0, 0.05) is 25.7 Å². The Morgan fingerprint density at radius 3 is 2.65 bits per heavy atom. The number of hydrogen-bond donors (Lipinski definition) is 2. The van der Waals surface area contributed by atoms with Gasteiger partial charge in [-0.1, -0.05) is 37.3 Å². The van der Waals surface area contributed by atoms with Crippen LogP contribution in [-0.4, -0.2) is 31.7 Å². The molecule has 0 radical (unpaired) electrons. The zero-order valence-electron chi connectivity index (χ0n) is 14.3. The van der Waals surface area contributed by atoms with Gasteiger partial charge in [-0.25, -0.2) is 0 Å².